The van der Waals surface area contributed by atoms with Gasteiger partial charge >= 0.3 is 0 Å². The first kappa shape index (κ1) is 20.1. The Morgan fingerprint density at radius 2 is 2.10 bits per heavy atom. The van der Waals surface area contributed by atoms with Crippen LogP contribution in [0.1, 0.15) is 20.9 Å². The van der Waals surface area contributed by atoms with Gasteiger partial charge in [-0.1, -0.05) is 11.6 Å². The van der Waals surface area contributed by atoms with Crippen molar-refractivity contribution in [1.82, 2.24) is 10.2 Å². The summed E-state index contributed by atoms with van der Waals surface area (Å²) in [5.41, 5.74) is 3.26. The second kappa shape index (κ2) is 8.26. The molecule has 1 unspecified atom stereocenters. The molecule has 0 saturated carbocycles. The van der Waals surface area contributed by atoms with Gasteiger partial charge in [0, 0.05) is 60.7 Å². The average Bonchev–Trinajstić information content (AvgIpc) is 3.32. The Labute approximate surface area is 179 Å². The number of aliphatic imine (C=N–C) groups is 2. The number of hydrogen-bond donors (Lipinski definition) is 1. The maximum atomic E-state index is 13.0. The molecule has 0 spiro atoms. The van der Waals surface area contributed by atoms with Crippen LogP contribution in [0.25, 0.3) is 0 Å². The zero-order valence-electron chi connectivity index (χ0n) is 16.5. The summed E-state index contributed by atoms with van der Waals surface area (Å²) in [4.78, 5) is 25.5. The van der Waals surface area contributed by atoms with Crippen molar-refractivity contribution in [3.8, 4) is 5.75 Å². The Hall–Kier alpha value is -2.22. The topological polar surface area (TPSA) is 66.3 Å². The summed E-state index contributed by atoms with van der Waals surface area (Å²) in [6.45, 7) is 8.73. The van der Waals surface area contributed by atoms with Crippen molar-refractivity contribution in [2.24, 2.45) is 9.98 Å². The monoisotopic (exact) mass is 430 g/mol. The molecule has 3 heterocycles. The Kier molecular flexibility index (Phi) is 5.72. The summed E-state index contributed by atoms with van der Waals surface area (Å²) >= 11 is 8.03. The van der Waals surface area contributed by atoms with Gasteiger partial charge in [-0.05, 0) is 31.8 Å². The first-order chi connectivity index (χ1) is 14.0. The van der Waals surface area contributed by atoms with Gasteiger partial charge in [0.15, 0.2) is 6.10 Å². The lowest BCUT2D eigenvalue weighted by Gasteiger charge is -2.29. The predicted octanol–water partition coefficient (Wildman–Crippen LogP) is 3.24. The highest BCUT2D eigenvalue weighted by atomic mass is 35.5. The minimum Gasteiger partial charge on any atom is -0.479 e. The highest BCUT2D eigenvalue weighted by molar-refractivity contribution is 7.14. The summed E-state index contributed by atoms with van der Waals surface area (Å²) in [5.74, 6) is 0.713. The normalized spacial score (nSPS) is 19.1. The number of ether oxygens (including phenoxy) is 1. The van der Waals surface area contributed by atoms with Crippen molar-refractivity contribution in [2.45, 2.75) is 19.4 Å². The molecule has 152 valence electrons. The van der Waals surface area contributed by atoms with Crippen LogP contribution in [0.3, 0.4) is 0 Å². The molecule has 2 aliphatic heterocycles. The van der Waals surface area contributed by atoms with E-state index < -0.39 is 6.10 Å². The Morgan fingerprint density at radius 1 is 1.34 bits per heavy atom. The lowest BCUT2D eigenvalue weighted by Crippen LogP contribution is -2.50. The first-order valence-electron chi connectivity index (χ1n) is 9.55. The molecule has 0 radical (unpaired) electrons. The van der Waals surface area contributed by atoms with Crippen LogP contribution < -0.4 is 10.1 Å². The maximum Gasteiger partial charge on any atom is 0.264 e. The number of nitrogens with zero attached hydrogens (tertiary/aromatic N) is 3. The number of hydrogen-bond acceptors (Lipinski definition) is 6. The second-order valence-electron chi connectivity index (χ2n) is 7.13. The van der Waals surface area contributed by atoms with E-state index in [1.165, 1.54) is 0 Å². The molecule has 1 aromatic heterocycles. The molecule has 8 heteroatoms. The molecule has 1 fully saturated rings. The van der Waals surface area contributed by atoms with Crippen molar-refractivity contribution in [3.63, 3.8) is 0 Å². The Morgan fingerprint density at radius 3 is 2.79 bits per heavy atom. The predicted molar refractivity (Wildman–Crippen MR) is 119 cm³/mol. The summed E-state index contributed by atoms with van der Waals surface area (Å²) < 4.78 is 6.20. The van der Waals surface area contributed by atoms with Crippen LogP contribution in [0.2, 0.25) is 5.02 Å². The maximum absolute atomic E-state index is 13.0. The van der Waals surface area contributed by atoms with Gasteiger partial charge in [0.2, 0.25) is 0 Å². The molecule has 1 atom stereocenters. The molecule has 1 aromatic carbocycles. The molecular weight excluding hydrogens is 408 g/mol. The number of rotatable bonds is 4. The average molecular weight is 431 g/mol. The van der Waals surface area contributed by atoms with E-state index in [1.54, 1.807) is 18.4 Å². The zero-order chi connectivity index (χ0) is 20.5. The number of nitrogens with one attached hydrogen (secondary N) is 1. The number of benzene rings is 1. The molecule has 0 bridgehead atoms. The number of halogens is 1. The van der Waals surface area contributed by atoms with Gasteiger partial charge in [-0.25, -0.2) is 0 Å². The third-order valence-corrected chi connectivity index (χ3v) is 6.46. The highest BCUT2D eigenvalue weighted by Gasteiger charge is 2.35. The van der Waals surface area contributed by atoms with Gasteiger partial charge in [0.1, 0.15) is 5.75 Å². The number of fused-ring (bicyclic) bond motifs is 1. The fraction of sp³-hybridized carbons (Fsp3) is 0.381. The van der Waals surface area contributed by atoms with E-state index in [2.05, 4.69) is 22.0 Å². The Bertz CT molecular complexity index is 995. The fourth-order valence-electron chi connectivity index (χ4n) is 3.86. The third-order valence-electron chi connectivity index (χ3n) is 5.20. The fourth-order valence-corrected chi connectivity index (χ4v) is 5.12. The van der Waals surface area contributed by atoms with Gasteiger partial charge in [-0.15, -0.1) is 11.3 Å². The molecule has 1 saturated heterocycles. The molecule has 2 aromatic rings. The SMILES string of the molecule is C=Nc1cc(C)sc1/C(=N\C)c1cc(Cl)cc2c1OC(C(=O)N1CCNCC1)C2. The molecule has 2 aliphatic rings. The number of aryl methyl sites for hydroxylation is 1. The van der Waals surface area contributed by atoms with Crippen LogP contribution in [0, 0.1) is 6.92 Å². The summed E-state index contributed by atoms with van der Waals surface area (Å²) in [6, 6.07) is 5.72. The van der Waals surface area contributed by atoms with E-state index in [0.717, 1.165) is 45.4 Å². The largest absolute Gasteiger partial charge is 0.479 e. The van der Waals surface area contributed by atoms with Crippen molar-refractivity contribution in [1.29, 1.82) is 0 Å². The molecule has 4 rings (SSSR count). The van der Waals surface area contributed by atoms with Crippen LogP contribution in [-0.2, 0) is 11.2 Å². The van der Waals surface area contributed by atoms with Gasteiger partial charge in [0.05, 0.1) is 16.3 Å². The number of amides is 1. The van der Waals surface area contributed by atoms with Gasteiger partial charge in [-0.3, -0.25) is 14.8 Å². The lowest BCUT2D eigenvalue weighted by atomic mass is 10.0. The van der Waals surface area contributed by atoms with E-state index in [4.69, 9.17) is 16.3 Å². The summed E-state index contributed by atoms with van der Waals surface area (Å²) in [7, 11) is 1.74. The standard InChI is InChI=1S/C21H23ClN4O2S/c1-12-8-16(23-2)20(29-12)18(24-3)15-11-14(22)9-13-10-17(28-19(13)15)21(27)26-6-4-25-5-7-26/h8-9,11,17,25H,2,4-7,10H2,1,3H3/b24-18-. The van der Waals surface area contributed by atoms with Crippen molar-refractivity contribution < 1.29 is 9.53 Å². The lowest BCUT2D eigenvalue weighted by molar-refractivity contribution is -0.138. The van der Waals surface area contributed by atoms with E-state index in [-0.39, 0.29) is 5.91 Å². The van der Waals surface area contributed by atoms with E-state index in [0.29, 0.717) is 30.3 Å². The van der Waals surface area contributed by atoms with Crippen LogP contribution in [-0.4, -0.2) is 62.6 Å². The van der Waals surface area contributed by atoms with E-state index in [9.17, 15) is 4.79 Å². The quantitative estimate of drug-likeness (QED) is 0.757. The molecule has 1 amide bonds. The number of thiophene rings is 1. The molecule has 1 N–H and O–H groups in total. The minimum absolute atomic E-state index is 0.0279. The zero-order valence-corrected chi connectivity index (χ0v) is 18.1. The van der Waals surface area contributed by atoms with E-state index in [1.807, 2.05) is 30.0 Å². The first-order valence-corrected chi connectivity index (χ1v) is 10.7. The van der Waals surface area contributed by atoms with Crippen LogP contribution in [0.4, 0.5) is 5.69 Å². The van der Waals surface area contributed by atoms with Gasteiger partial charge in [-0.2, -0.15) is 0 Å². The number of piperazine rings is 1. The van der Waals surface area contributed by atoms with E-state index >= 15 is 0 Å². The molecular formula is C21H23ClN4O2S. The van der Waals surface area contributed by atoms with Crippen molar-refractivity contribution >= 4 is 47.0 Å². The molecule has 0 aliphatic carbocycles. The smallest absolute Gasteiger partial charge is 0.264 e. The third kappa shape index (κ3) is 3.82. The van der Waals surface area contributed by atoms with Crippen LogP contribution in [0.5, 0.6) is 5.75 Å². The summed E-state index contributed by atoms with van der Waals surface area (Å²) in [5, 5.41) is 3.86. The highest BCUT2D eigenvalue weighted by Crippen LogP contribution is 2.40. The Balaban J connectivity index is 1.69. The molecule has 29 heavy (non-hydrogen) atoms. The van der Waals surface area contributed by atoms with Crippen molar-refractivity contribution in [3.05, 3.63) is 44.1 Å². The van der Waals surface area contributed by atoms with Gasteiger partial charge < -0.3 is 15.0 Å². The van der Waals surface area contributed by atoms with Crippen LogP contribution >= 0.6 is 22.9 Å². The van der Waals surface area contributed by atoms with Crippen LogP contribution in [0.15, 0.2) is 28.2 Å². The van der Waals surface area contributed by atoms with Crippen molar-refractivity contribution in [2.75, 3.05) is 33.2 Å². The number of carbonyl (C=O) groups is 1. The minimum atomic E-state index is -0.527. The van der Waals surface area contributed by atoms with Gasteiger partial charge in [0.25, 0.3) is 5.91 Å². The summed E-state index contributed by atoms with van der Waals surface area (Å²) in [6.07, 6.45) is -0.0147. The number of carbonyl (C=O) groups excluding carboxylic acids is 1. The molecule has 6 nitrogen and oxygen atoms in total. The second-order valence-corrected chi connectivity index (χ2v) is 8.82.